The molecule has 1 heterocycles. The van der Waals surface area contributed by atoms with Gasteiger partial charge >= 0.3 is 0 Å². The molecular formula is C16H24O2Si. The maximum Gasteiger partial charge on any atom is 0.192 e. The second kappa shape index (κ2) is 4.80. The third-order valence-electron chi connectivity index (χ3n) is 4.22. The predicted octanol–water partition coefficient (Wildman–Crippen LogP) is 5.52. The smallest absolute Gasteiger partial charge is 0.192 e. The monoisotopic (exact) mass is 276 g/mol. The normalized spacial score (nSPS) is 14.8. The summed E-state index contributed by atoms with van der Waals surface area (Å²) in [6, 6.07) is 8.29. The summed E-state index contributed by atoms with van der Waals surface area (Å²) in [6.45, 7) is 13.5. The predicted molar refractivity (Wildman–Crippen MR) is 82.9 cm³/mol. The van der Waals surface area contributed by atoms with Gasteiger partial charge in [-0.15, -0.1) is 0 Å². The standard InChI is InChI=1S/C16H24O2Si/c1-12(18-19(5,6)16(2,3)4)13-7-8-15-14(11-13)9-10-17-15/h7-12H,1-6H3. The Morgan fingerprint density at radius 1 is 1.16 bits per heavy atom. The Labute approximate surface area is 116 Å². The zero-order valence-corrected chi connectivity index (χ0v) is 13.8. The SMILES string of the molecule is CC(O[Si](C)(C)C(C)(C)C)c1ccc2occc2c1. The van der Waals surface area contributed by atoms with Crippen molar-refractivity contribution < 1.29 is 8.84 Å². The Morgan fingerprint density at radius 3 is 2.47 bits per heavy atom. The number of benzene rings is 1. The largest absolute Gasteiger partial charge is 0.464 e. The minimum atomic E-state index is -1.73. The lowest BCUT2D eigenvalue weighted by molar-refractivity contribution is 0.203. The molecule has 19 heavy (non-hydrogen) atoms. The van der Waals surface area contributed by atoms with Crippen LogP contribution in [0.3, 0.4) is 0 Å². The van der Waals surface area contributed by atoms with Gasteiger partial charge in [0.25, 0.3) is 0 Å². The molecule has 0 spiro atoms. The van der Waals surface area contributed by atoms with E-state index in [1.165, 1.54) is 5.56 Å². The van der Waals surface area contributed by atoms with Crippen molar-refractivity contribution in [2.24, 2.45) is 0 Å². The molecular weight excluding hydrogens is 252 g/mol. The Bertz CT molecular complexity index is 563. The lowest BCUT2D eigenvalue weighted by Crippen LogP contribution is -2.41. The van der Waals surface area contributed by atoms with Crippen molar-refractivity contribution in [2.75, 3.05) is 0 Å². The summed E-state index contributed by atoms with van der Waals surface area (Å²) < 4.78 is 11.8. The van der Waals surface area contributed by atoms with Crippen molar-refractivity contribution in [1.29, 1.82) is 0 Å². The van der Waals surface area contributed by atoms with E-state index in [2.05, 4.69) is 52.9 Å². The van der Waals surface area contributed by atoms with Gasteiger partial charge in [-0.05, 0) is 48.8 Å². The van der Waals surface area contributed by atoms with Crippen LogP contribution in [0.25, 0.3) is 11.0 Å². The van der Waals surface area contributed by atoms with Crippen LogP contribution in [0.15, 0.2) is 34.9 Å². The summed E-state index contributed by atoms with van der Waals surface area (Å²) in [7, 11) is -1.73. The number of hydrogen-bond acceptors (Lipinski definition) is 2. The highest BCUT2D eigenvalue weighted by molar-refractivity contribution is 6.74. The van der Waals surface area contributed by atoms with E-state index in [-0.39, 0.29) is 11.1 Å². The zero-order chi connectivity index (χ0) is 14.3. The first kappa shape index (κ1) is 14.3. The molecule has 0 saturated carbocycles. The first-order valence-electron chi connectivity index (χ1n) is 6.86. The molecule has 0 bridgehead atoms. The number of furan rings is 1. The van der Waals surface area contributed by atoms with Crippen molar-refractivity contribution in [3.63, 3.8) is 0 Å². The second-order valence-corrected chi connectivity index (χ2v) is 11.5. The topological polar surface area (TPSA) is 22.4 Å². The molecule has 0 aliphatic heterocycles. The van der Waals surface area contributed by atoms with E-state index in [0.717, 1.165) is 11.0 Å². The third-order valence-corrected chi connectivity index (χ3v) is 8.78. The van der Waals surface area contributed by atoms with E-state index >= 15 is 0 Å². The van der Waals surface area contributed by atoms with E-state index in [1.54, 1.807) is 6.26 Å². The van der Waals surface area contributed by atoms with Crippen LogP contribution in [-0.2, 0) is 4.43 Å². The van der Waals surface area contributed by atoms with Crippen molar-refractivity contribution >= 4 is 19.3 Å². The van der Waals surface area contributed by atoms with Gasteiger partial charge < -0.3 is 8.84 Å². The van der Waals surface area contributed by atoms with Crippen molar-refractivity contribution in [3.05, 3.63) is 36.1 Å². The van der Waals surface area contributed by atoms with Crippen LogP contribution in [0.2, 0.25) is 18.1 Å². The first-order valence-corrected chi connectivity index (χ1v) is 9.76. The molecule has 0 radical (unpaired) electrons. The van der Waals surface area contributed by atoms with Crippen LogP contribution < -0.4 is 0 Å². The minimum absolute atomic E-state index is 0.125. The van der Waals surface area contributed by atoms with E-state index in [4.69, 9.17) is 8.84 Å². The molecule has 1 aromatic heterocycles. The van der Waals surface area contributed by atoms with Crippen molar-refractivity contribution in [1.82, 2.24) is 0 Å². The minimum Gasteiger partial charge on any atom is -0.464 e. The van der Waals surface area contributed by atoms with Gasteiger partial charge in [0.05, 0.1) is 12.4 Å². The molecule has 2 nitrogen and oxygen atoms in total. The van der Waals surface area contributed by atoms with E-state index in [9.17, 15) is 0 Å². The lowest BCUT2D eigenvalue weighted by atomic mass is 10.1. The molecule has 0 saturated heterocycles. The fourth-order valence-corrected chi connectivity index (χ4v) is 3.30. The average molecular weight is 276 g/mol. The van der Waals surface area contributed by atoms with Gasteiger partial charge in [-0.3, -0.25) is 0 Å². The molecule has 0 aliphatic carbocycles. The number of fused-ring (bicyclic) bond motifs is 1. The molecule has 1 aromatic carbocycles. The Morgan fingerprint density at radius 2 is 1.84 bits per heavy atom. The maximum atomic E-state index is 6.42. The fourth-order valence-electron chi connectivity index (χ4n) is 1.92. The molecule has 1 atom stereocenters. The summed E-state index contributed by atoms with van der Waals surface area (Å²) in [5, 5.41) is 1.38. The zero-order valence-electron chi connectivity index (χ0n) is 12.8. The Hall–Kier alpha value is -1.06. The Balaban J connectivity index is 2.22. The Kier molecular flexibility index (Phi) is 3.62. The molecule has 0 N–H and O–H groups in total. The van der Waals surface area contributed by atoms with Crippen LogP contribution in [0.1, 0.15) is 39.4 Å². The van der Waals surface area contributed by atoms with Gasteiger partial charge in [0, 0.05) is 5.39 Å². The number of hydrogen-bond donors (Lipinski definition) is 0. The van der Waals surface area contributed by atoms with Crippen LogP contribution in [0.5, 0.6) is 0 Å². The fraction of sp³-hybridized carbons (Fsp3) is 0.500. The summed E-state index contributed by atoms with van der Waals surface area (Å²) in [4.78, 5) is 0. The highest BCUT2D eigenvalue weighted by Crippen LogP contribution is 2.39. The van der Waals surface area contributed by atoms with Gasteiger partial charge in [0.2, 0.25) is 0 Å². The van der Waals surface area contributed by atoms with Gasteiger partial charge in [0.1, 0.15) is 5.58 Å². The molecule has 0 amide bonds. The summed E-state index contributed by atoms with van der Waals surface area (Å²) in [5.41, 5.74) is 2.15. The molecule has 2 aromatic rings. The molecule has 104 valence electrons. The third kappa shape index (κ3) is 2.93. The van der Waals surface area contributed by atoms with E-state index in [1.807, 2.05) is 12.1 Å². The van der Waals surface area contributed by atoms with Crippen molar-refractivity contribution in [3.8, 4) is 0 Å². The lowest BCUT2D eigenvalue weighted by Gasteiger charge is -2.38. The van der Waals surface area contributed by atoms with Gasteiger partial charge in [-0.2, -0.15) is 0 Å². The van der Waals surface area contributed by atoms with Gasteiger partial charge in [-0.1, -0.05) is 26.8 Å². The van der Waals surface area contributed by atoms with Crippen molar-refractivity contribution in [2.45, 2.75) is 51.9 Å². The molecule has 2 rings (SSSR count). The summed E-state index contributed by atoms with van der Waals surface area (Å²) in [5.74, 6) is 0. The molecule has 0 aliphatic rings. The number of rotatable bonds is 3. The van der Waals surface area contributed by atoms with Crippen LogP contribution in [-0.4, -0.2) is 8.32 Å². The highest BCUT2D eigenvalue weighted by atomic mass is 28.4. The first-order chi connectivity index (χ1) is 8.71. The summed E-state index contributed by atoms with van der Waals surface area (Å²) in [6.07, 6.45) is 1.86. The van der Waals surface area contributed by atoms with Gasteiger partial charge in [0.15, 0.2) is 8.32 Å². The average Bonchev–Trinajstić information content (AvgIpc) is 2.73. The quantitative estimate of drug-likeness (QED) is 0.689. The summed E-state index contributed by atoms with van der Waals surface area (Å²) >= 11 is 0. The van der Waals surface area contributed by atoms with Crippen LogP contribution >= 0.6 is 0 Å². The van der Waals surface area contributed by atoms with E-state index < -0.39 is 8.32 Å². The molecule has 3 heteroatoms. The second-order valence-electron chi connectivity index (χ2n) is 6.74. The molecule has 0 fully saturated rings. The van der Waals surface area contributed by atoms with Crippen LogP contribution in [0.4, 0.5) is 0 Å². The van der Waals surface area contributed by atoms with Crippen LogP contribution in [0, 0.1) is 0 Å². The molecule has 1 unspecified atom stereocenters. The highest BCUT2D eigenvalue weighted by Gasteiger charge is 2.38. The van der Waals surface area contributed by atoms with E-state index in [0.29, 0.717) is 0 Å². The van der Waals surface area contributed by atoms with Gasteiger partial charge in [-0.25, -0.2) is 0 Å². The maximum absolute atomic E-state index is 6.42.